The van der Waals surface area contributed by atoms with Crippen LogP contribution in [0.2, 0.25) is 0 Å². The molecule has 0 N–H and O–H groups in total. The second-order valence-corrected chi connectivity index (χ2v) is 7.47. The number of nitrogens with zero attached hydrogens (tertiary/aromatic N) is 1. The summed E-state index contributed by atoms with van der Waals surface area (Å²) in [7, 11) is 0. The molecular formula is C21H24FNO. The number of halogens is 1. The van der Waals surface area contributed by atoms with Crippen LogP contribution in [0.1, 0.15) is 62.9 Å². The molecule has 0 saturated heterocycles. The van der Waals surface area contributed by atoms with Gasteiger partial charge in [-0.2, -0.15) is 0 Å². The molecule has 0 spiro atoms. The Labute approximate surface area is 143 Å². The van der Waals surface area contributed by atoms with Crippen molar-refractivity contribution in [3.63, 3.8) is 0 Å². The molecule has 0 saturated carbocycles. The quantitative estimate of drug-likeness (QED) is 0.724. The van der Waals surface area contributed by atoms with Gasteiger partial charge in [-0.15, -0.1) is 0 Å². The van der Waals surface area contributed by atoms with Gasteiger partial charge in [-0.05, 0) is 54.2 Å². The van der Waals surface area contributed by atoms with E-state index in [0.717, 1.165) is 48.1 Å². The molecule has 0 aliphatic heterocycles. The Morgan fingerprint density at radius 1 is 1.29 bits per heavy atom. The molecule has 2 aromatic rings. The minimum absolute atomic E-state index is 0.0271. The highest BCUT2D eigenvalue weighted by Gasteiger charge is 2.31. The molecule has 0 fully saturated rings. The van der Waals surface area contributed by atoms with E-state index >= 15 is 0 Å². The fourth-order valence-electron chi connectivity index (χ4n) is 3.63. The molecule has 1 aromatic heterocycles. The molecule has 1 atom stereocenters. The first-order valence-electron chi connectivity index (χ1n) is 8.66. The molecule has 0 radical (unpaired) electrons. The smallest absolute Gasteiger partial charge is 0.123 e. The lowest BCUT2D eigenvalue weighted by Gasteiger charge is -2.33. The predicted octanol–water partition coefficient (Wildman–Crippen LogP) is 5.19. The van der Waals surface area contributed by atoms with E-state index in [1.54, 1.807) is 0 Å². The summed E-state index contributed by atoms with van der Waals surface area (Å²) in [6, 6.07) is 8.78. The van der Waals surface area contributed by atoms with Gasteiger partial charge in [0.15, 0.2) is 0 Å². The van der Waals surface area contributed by atoms with Crippen molar-refractivity contribution in [2.75, 3.05) is 0 Å². The lowest BCUT2D eigenvalue weighted by Crippen LogP contribution is -2.27. The molecule has 24 heavy (non-hydrogen) atoms. The number of carbonyl (C=O) groups is 1. The summed E-state index contributed by atoms with van der Waals surface area (Å²) >= 11 is 0. The highest BCUT2D eigenvalue weighted by molar-refractivity contribution is 5.70. The zero-order valence-electron chi connectivity index (χ0n) is 14.6. The fraction of sp³-hybridized carbons (Fsp3) is 0.429. The number of carbonyl (C=O) groups excluding carboxylic acids is 1. The van der Waals surface area contributed by atoms with Crippen molar-refractivity contribution >= 4 is 6.29 Å². The minimum atomic E-state index is -0.225. The first-order valence-corrected chi connectivity index (χ1v) is 8.66. The van der Waals surface area contributed by atoms with Gasteiger partial charge in [0.1, 0.15) is 12.1 Å². The molecule has 126 valence electrons. The third-order valence-corrected chi connectivity index (χ3v) is 5.12. The Kier molecular flexibility index (Phi) is 4.53. The van der Waals surface area contributed by atoms with E-state index in [4.69, 9.17) is 4.98 Å². The zero-order valence-corrected chi connectivity index (χ0v) is 14.6. The van der Waals surface area contributed by atoms with Crippen LogP contribution in [0.5, 0.6) is 0 Å². The molecule has 1 aliphatic rings. The molecule has 1 heterocycles. The number of fused-ring (bicyclic) bond motifs is 1. The lowest BCUT2D eigenvalue weighted by molar-refractivity contribution is -0.108. The van der Waals surface area contributed by atoms with Gasteiger partial charge in [0, 0.05) is 23.4 Å². The highest BCUT2D eigenvalue weighted by atomic mass is 19.1. The third kappa shape index (κ3) is 3.12. The second-order valence-electron chi connectivity index (χ2n) is 7.47. The summed E-state index contributed by atoms with van der Waals surface area (Å²) in [5, 5.41) is 0. The summed E-state index contributed by atoms with van der Waals surface area (Å²) in [4.78, 5) is 15.9. The topological polar surface area (TPSA) is 30.0 Å². The molecule has 0 bridgehead atoms. The Morgan fingerprint density at radius 3 is 2.67 bits per heavy atom. The van der Waals surface area contributed by atoms with Crippen molar-refractivity contribution in [1.29, 1.82) is 0 Å². The van der Waals surface area contributed by atoms with Crippen LogP contribution in [0.15, 0.2) is 30.3 Å². The number of aldehydes is 1. The van der Waals surface area contributed by atoms with Gasteiger partial charge in [-0.3, -0.25) is 4.98 Å². The lowest BCUT2D eigenvalue weighted by atomic mass is 9.73. The van der Waals surface area contributed by atoms with Crippen LogP contribution in [-0.4, -0.2) is 11.3 Å². The Hall–Kier alpha value is -2.03. The monoisotopic (exact) mass is 325 g/mol. The maximum absolute atomic E-state index is 13.3. The van der Waals surface area contributed by atoms with Crippen molar-refractivity contribution in [3.8, 4) is 11.1 Å². The molecule has 0 amide bonds. The summed E-state index contributed by atoms with van der Waals surface area (Å²) in [6.45, 7) is 6.51. The maximum Gasteiger partial charge on any atom is 0.123 e. The summed E-state index contributed by atoms with van der Waals surface area (Å²) in [5.41, 5.74) is 5.56. The number of aromatic nitrogens is 1. The molecular weight excluding hydrogens is 301 g/mol. The van der Waals surface area contributed by atoms with Gasteiger partial charge in [-0.25, -0.2) is 4.39 Å². The van der Waals surface area contributed by atoms with Crippen LogP contribution in [0.3, 0.4) is 0 Å². The van der Waals surface area contributed by atoms with Gasteiger partial charge >= 0.3 is 0 Å². The molecule has 2 nitrogen and oxygen atoms in total. The summed E-state index contributed by atoms with van der Waals surface area (Å²) in [5.74, 6) is -0.138. The van der Waals surface area contributed by atoms with Crippen molar-refractivity contribution < 1.29 is 9.18 Å². The van der Waals surface area contributed by atoms with Crippen molar-refractivity contribution in [3.05, 3.63) is 53.1 Å². The van der Waals surface area contributed by atoms with E-state index in [-0.39, 0.29) is 17.2 Å². The zero-order chi connectivity index (χ0) is 17.3. The normalized spacial score (nSPS) is 17.2. The fourth-order valence-corrected chi connectivity index (χ4v) is 3.63. The second kappa shape index (κ2) is 6.46. The highest BCUT2D eigenvalue weighted by Crippen LogP contribution is 2.41. The predicted molar refractivity (Wildman–Crippen MR) is 94.7 cm³/mol. The third-order valence-electron chi connectivity index (χ3n) is 5.12. The number of hydrogen-bond donors (Lipinski definition) is 0. The standard InChI is InChI=1S/C21H24FNO/c1-14(10-12-24)19-13-18(15-6-8-16(22)9-7-15)17-5-4-11-21(2,3)20(17)23-19/h6-9,12-14H,4-5,10-11H2,1-3H3. The van der Waals surface area contributed by atoms with Crippen molar-refractivity contribution in [2.24, 2.45) is 0 Å². The van der Waals surface area contributed by atoms with Crippen LogP contribution in [0.25, 0.3) is 11.1 Å². The summed E-state index contributed by atoms with van der Waals surface area (Å²) < 4.78 is 13.3. The van der Waals surface area contributed by atoms with Crippen LogP contribution in [-0.2, 0) is 16.6 Å². The number of pyridine rings is 1. The van der Waals surface area contributed by atoms with Crippen LogP contribution in [0, 0.1) is 5.82 Å². The first-order chi connectivity index (χ1) is 11.4. The molecule has 3 rings (SSSR count). The summed E-state index contributed by atoms with van der Waals surface area (Å²) in [6.07, 6.45) is 4.67. The number of rotatable bonds is 4. The largest absolute Gasteiger partial charge is 0.303 e. The van der Waals surface area contributed by atoms with Crippen molar-refractivity contribution in [1.82, 2.24) is 4.98 Å². The number of benzene rings is 1. The van der Waals surface area contributed by atoms with E-state index in [1.165, 1.54) is 17.7 Å². The van der Waals surface area contributed by atoms with Crippen LogP contribution >= 0.6 is 0 Å². The van der Waals surface area contributed by atoms with Gasteiger partial charge in [0.25, 0.3) is 0 Å². The number of hydrogen-bond acceptors (Lipinski definition) is 2. The minimum Gasteiger partial charge on any atom is -0.303 e. The molecule has 1 unspecified atom stereocenters. The van der Waals surface area contributed by atoms with Crippen molar-refractivity contribution in [2.45, 2.75) is 57.8 Å². The Morgan fingerprint density at radius 2 is 2.00 bits per heavy atom. The van der Waals surface area contributed by atoms with Gasteiger partial charge in [-0.1, -0.05) is 32.9 Å². The molecule has 1 aliphatic carbocycles. The first kappa shape index (κ1) is 16.8. The molecule has 3 heteroatoms. The van der Waals surface area contributed by atoms with E-state index in [2.05, 4.69) is 19.9 Å². The van der Waals surface area contributed by atoms with E-state index in [1.807, 2.05) is 19.1 Å². The van der Waals surface area contributed by atoms with Gasteiger partial charge in [0.2, 0.25) is 0 Å². The van der Waals surface area contributed by atoms with E-state index in [9.17, 15) is 9.18 Å². The Bertz CT molecular complexity index is 749. The average molecular weight is 325 g/mol. The van der Waals surface area contributed by atoms with E-state index < -0.39 is 0 Å². The van der Waals surface area contributed by atoms with E-state index in [0.29, 0.717) is 6.42 Å². The molecule has 1 aromatic carbocycles. The van der Waals surface area contributed by atoms with Crippen LogP contribution in [0.4, 0.5) is 4.39 Å². The van der Waals surface area contributed by atoms with Gasteiger partial charge < -0.3 is 4.79 Å². The van der Waals surface area contributed by atoms with Gasteiger partial charge in [0.05, 0.1) is 5.69 Å². The Balaban J connectivity index is 2.20. The SMILES string of the molecule is CC(CC=O)c1cc(-c2ccc(F)cc2)c2c(n1)C(C)(C)CCC2. The van der Waals surface area contributed by atoms with Crippen LogP contribution < -0.4 is 0 Å². The average Bonchev–Trinajstić information content (AvgIpc) is 2.55. The maximum atomic E-state index is 13.3.